The monoisotopic (exact) mass is 306 g/mol. The van der Waals surface area contributed by atoms with Crippen LogP contribution in [0.4, 0.5) is 5.69 Å². The Labute approximate surface area is 134 Å². The molecular weight excluding hydrogens is 276 g/mol. The van der Waals surface area contributed by atoms with Crippen LogP contribution in [-0.2, 0) is 4.74 Å². The molecule has 22 heavy (non-hydrogen) atoms. The second kappa shape index (κ2) is 11.1. The van der Waals surface area contributed by atoms with E-state index in [0.29, 0.717) is 30.4 Å². The maximum Gasteiger partial charge on any atom is 0.338 e. The summed E-state index contributed by atoms with van der Waals surface area (Å²) in [5.74, 6) is -0.297. The van der Waals surface area contributed by atoms with Gasteiger partial charge < -0.3 is 15.8 Å². The number of carbonyl (C=O) groups is 1. The topological polar surface area (TPSA) is 64.3 Å². The molecule has 1 rings (SSSR count). The highest BCUT2D eigenvalue weighted by atomic mass is 16.5. The lowest BCUT2D eigenvalue weighted by Gasteiger charge is -2.13. The van der Waals surface area contributed by atoms with Crippen molar-refractivity contribution in [2.24, 2.45) is 0 Å². The van der Waals surface area contributed by atoms with Crippen LogP contribution in [-0.4, -0.2) is 25.2 Å². The summed E-state index contributed by atoms with van der Waals surface area (Å²) in [6.07, 6.45) is 7.71. The van der Waals surface area contributed by atoms with Crippen molar-refractivity contribution in [2.45, 2.75) is 58.4 Å². The van der Waals surface area contributed by atoms with Crippen molar-refractivity contribution in [3.8, 4) is 0 Å². The fraction of sp³-hybridized carbons (Fsp3) is 0.611. The predicted molar refractivity (Wildman–Crippen MR) is 92.0 cm³/mol. The van der Waals surface area contributed by atoms with Gasteiger partial charge in [0.2, 0.25) is 0 Å². The van der Waals surface area contributed by atoms with Gasteiger partial charge in [-0.05, 0) is 37.6 Å². The molecule has 0 aliphatic rings. The Morgan fingerprint density at radius 2 is 1.86 bits per heavy atom. The number of carbonyl (C=O) groups excluding carboxylic acids is 1. The number of hydrogen-bond donors (Lipinski definition) is 2. The first-order chi connectivity index (χ1) is 10.6. The van der Waals surface area contributed by atoms with E-state index in [0.717, 1.165) is 0 Å². The fourth-order valence-electron chi connectivity index (χ4n) is 2.31. The van der Waals surface area contributed by atoms with Crippen molar-refractivity contribution in [3.63, 3.8) is 0 Å². The second-order valence-electron chi connectivity index (χ2n) is 5.82. The van der Waals surface area contributed by atoms with Gasteiger partial charge in [-0.3, -0.25) is 0 Å². The van der Waals surface area contributed by atoms with Gasteiger partial charge in [0.15, 0.2) is 0 Å². The Morgan fingerprint density at radius 3 is 2.55 bits per heavy atom. The summed E-state index contributed by atoms with van der Waals surface area (Å²) in [4.78, 5) is 11.8. The molecule has 1 aromatic rings. The molecule has 4 heteroatoms. The molecule has 0 heterocycles. The first kappa shape index (κ1) is 18.5. The van der Waals surface area contributed by atoms with Crippen LogP contribution >= 0.6 is 0 Å². The van der Waals surface area contributed by atoms with Gasteiger partial charge in [-0.15, -0.1) is 0 Å². The van der Waals surface area contributed by atoms with E-state index in [2.05, 4.69) is 19.2 Å². The molecule has 0 fully saturated rings. The molecule has 124 valence electrons. The zero-order chi connectivity index (χ0) is 16.2. The van der Waals surface area contributed by atoms with Crippen LogP contribution in [0.25, 0.3) is 0 Å². The summed E-state index contributed by atoms with van der Waals surface area (Å²) in [5, 5.41) is 3.39. The summed E-state index contributed by atoms with van der Waals surface area (Å²) in [5.41, 5.74) is 6.77. The standard InChI is InChI=1S/C18H30N2O2/c1-3-4-5-6-7-8-15(2)20-13-14-22-18(21)16-9-11-17(19)12-10-16/h9-12,15,20H,3-8,13-14,19H2,1-2H3/t15-/m0/s1. The van der Waals surface area contributed by atoms with Crippen molar-refractivity contribution < 1.29 is 9.53 Å². The molecule has 0 aliphatic carbocycles. The minimum absolute atomic E-state index is 0.297. The molecule has 0 radical (unpaired) electrons. The Bertz CT molecular complexity index is 418. The number of nitrogens with one attached hydrogen (secondary N) is 1. The molecule has 4 nitrogen and oxygen atoms in total. The lowest BCUT2D eigenvalue weighted by atomic mass is 10.1. The van der Waals surface area contributed by atoms with Crippen LogP contribution in [0.1, 0.15) is 62.7 Å². The lowest BCUT2D eigenvalue weighted by molar-refractivity contribution is 0.0506. The molecule has 0 aliphatic heterocycles. The average molecular weight is 306 g/mol. The number of unbranched alkanes of at least 4 members (excludes halogenated alkanes) is 4. The normalized spacial score (nSPS) is 12.1. The van der Waals surface area contributed by atoms with E-state index < -0.39 is 0 Å². The van der Waals surface area contributed by atoms with Crippen molar-refractivity contribution in [3.05, 3.63) is 29.8 Å². The Kier molecular flexibility index (Phi) is 9.31. The molecule has 1 atom stereocenters. The molecule has 0 aromatic heterocycles. The molecule has 3 N–H and O–H groups in total. The van der Waals surface area contributed by atoms with Crippen LogP contribution in [0.3, 0.4) is 0 Å². The third-order valence-corrected chi connectivity index (χ3v) is 3.72. The Balaban J connectivity index is 2.06. The summed E-state index contributed by atoms with van der Waals surface area (Å²) >= 11 is 0. The van der Waals surface area contributed by atoms with Crippen LogP contribution in [0, 0.1) is 0 Å². The minimum Gasteiger partial charge on any atom is -0.461 e. The maximum atomic E-state index is 11.8. The SMILES string of the molecule is CCCCCCC[C@H](C)NCCOC(=O)c1ccc(N)cc1. The van der Waals surface area contributed by atoms with Gasteiger partial charge in [0.1, 0.15) is 6.61 Å². The highest BCUT2D eigenvalue weighted by molar-refractivity contribution is 5.89. The summed E-state index contributed by atoms with van der Waals surface area (Å²) < 4.78 is 5.23. The zero-order valence-corrected chi connectivity index (χ0v) is 13.9. The van der Waals surface area contributed by atoms with Gasteiger partial charge in [0.05, 0.1) is 5.56 Å². The first-order valence-electron chi connectivity index (χ1n) is 8.39. The van der Waals surface area contributed by atoms with Gasteiger partial charge in [0, 0.05) is 18.3 Å². The third-order valence-electron chi connectivity index (χ3n) is 3.72. The van der Waals surface area contributed by atoms with Crippen molar-refractivity contribution in [1.82, 2.24) is 5.32 Å². The van der Waals surface area contributed by atoms with Crippen molar-refractivity contribution >= 4 is 11.7 Å². The first-order valence-corrected chi connectivity index (χ1v) is 8.39. The highest BCUT2D eigenvalue weighted by Crippen LogP contribution is 2.08. The van der Waals surface area contributed by atoms with E-state index in [-0.39, 0.29) is 5.97 Å². The number of benzene rings is 1. The largest absolute Gasteiger partial charge is 0.461 e. The fourth-order valence-corrected chi connectivity index (χ4v) is 2.31. The predicted octanol–water partition coefficient (Wildman–Crippen LogP) is 3.76. The zero-order valence-electron chi connectivity index (χ0n) is 13.9. The molecule has 0 saturated carbocycles. The van der Waals surface area contributed by atoms with Crippen molar-refractivity contribution in [1.29, 1.82) is 0 Å². The second-order valence-corrected chi connectivity index (χ2v) is 5.82. The van der Waals surface area contributed by atoms with Crippen LogP contribution < -0.4 is 11.1 Å². The van der Waals surface area contributed by atoms with Gasteiger partial charge in [-0.25, -0.2) is 4.79 Å². The van der Waals surface area contributed by atoms with Crippen LogP contribution in [0.15, 0.2) is 24.3 Å². The molecular formula is C18H30N2O2. The van der Waals surface area contributed by atoms with Crippen molar-refractivity contribution in [2.75, 3.05) is 18.9 Å². The number of hydrogen-bond acceptors (Lipinski definition) is 4. The highest BCUT2D eigenvalue weighted by Gasteiger charge is 2.07. The number of ether oxygens (including phenoxy) is 1. The van der Waals surface area contributed by atoms with Gasteiger partial charge in [-0.2, -0.15) is 0 Å². The summed E-state index contributed by atoms with van der Waals surface area (Å²) in [6, 6.07) is 7.25. The van der Waals surface area contributed by atoms with Gasteiger partial charge in [-0.1, -0.05) is 39.0 Å². The van der Waals surface area contributed by atoms with E-state index in [4.69, 9.17) is 10.5 Å². The van der Waals surface area contributed by atoms with Crippen LogP contribution in [0.5, 0.6) is 0 Å². The molecule has 0 unspecified atom stereocenters. The molecule has 0 spiro atoms. The number of anilines is 1. The van der Waals surface area contributed by atoms with E-state index in [1.54, 1.807) is 24.3 Å². The molecule has 0 bridgehead atoms. The Hall–Kier alpha value is -1.55. The number of nitrogens with two attached hydrogens (primary N) is 1. The van der Waals surface area contributed by atoms with E-state index in [1.807, 2.05) is 0 Å². The average Bonchev–Trinajstić information content (AvgIpc) is 2.52. The maximum absolute atomic E-state index is 11.8. The quantitative estimate of drug-likeness (QED) is 0.371. The molecule has 0 saturated heterocycles. The van der Waals surface area contributed by atoms with E-state index >= 15 is 0 Å². The smallest absolute Gasteiger partial charge is 0.338 e. The molecule has 0 amide bonds. The minimum atomic E-state index is -0.297. The number of esters is 1. The molecule has 1 aromatic carbocycles. The summed E-state index contributed by atoms with van der Waals surface area (Å²) in [6.45, 7) is 5.50. The van der Waals surface area contributed by atoms with E-state index in [1.165, 1.54) is 38.5 Å². The summed E-state index contributed by atoms with van der Waals surface area (Å²) in [7, 11) is 0. The third kappa shape index (κ3) is 8.03. The van der Waals surface area contributed by atoms with Gasteiger partial charge >= 0.3 is 5.97 Å². The van der Waals surface area contributed by atoms with Gasteiger partial charge in [0.25, 0.3) is 0 Å². The van der Waals surface area contributed by atoms with E-state index in [9.17, 15) is 4.79 Å². The number of nitrogen functional groups attached to an aromatic ring is 1. The lowest BCUT2D eigenvalue weighted by Crippen LogP contribution is -2.30. The number of rotatable bonds is 11. The van der Waals surface area contributed by atoms with Crippen LogP contribution in [0.2, 0.25) is 0 Å². The Morgan fingerprint density at radius 1 is 1.18 bits per heavy atom.